The van der Waals surface area contributed by atoms with Gasteiger partial charge in [0.1, 0.15) is 0 Å². The maximum absolute atomic E-state index is 12.4. The normalized spacial score (nSPS) is 30.4. The number of hydrogen-bond acceptors (Lipinski definition) is 5. The van der Waals surface area contributed by atoms with Gasteiger partial charge in [-0.15, -0.1) is 0 Å². The number of hydrogen-bond donors (Lipinski definition) is 2. The molecule has 0 radical (unpaired) electrons. The molecule has 1 amide bonds. The van der Waals surface area contributed by atoms with Gasteiger partial charge in [-0.05, 0) is 25.7 Å². The van der Waals surface area contributed by atoms with Gasteiger partial charge in [-0.25, -0.2) is 4.79 Å². The van der Waals surface area contributed by atoms with Crippen molar-refractivity contribution in [1.82, 2.24) is 4.90 Å². The molecule has 0 bridgehead atoms. The molecule has 0 saturated carbocycles. The summed E-state index contributed by atoms with van der Waals surface area (Å²) in [5, 5.41) is 18.6. The van der Waals surface area contributed by atoms with Crippen LogP contribution in [0, 0.1) is 0 Å². The summed E-state index contributed by atoms with van der Waals surface area (Å²) in [5.41, 5.74) is 0. The van der Waals surface area contributed by atoms with Gasteiger partial charge in [0.05, 0.1) is 12.6 Å². The Morgan fingerprint density at radius 3 is 2.80 bits per heavy atom. The highest BCUT2D eigenvalue weighted by Crippen LogP contribution is 2.21. The van der Waals surface area contributed by atoms with E-state index in [-0.39, 0.29) is 12.6 Å². The van der Waals surface area contributed by atoms with Crippen molar-refractivity contribution in [2.75, 3.05) is 26.4 Å². The molecule has 20 heavy (non-hydrogen) atoms. The van der Waals surface area contributed by atoms with Crippen LogP contribution < -0.4 is 0 Å². The number of fused-ring (bicyclic) bond motifs is 1. The molecule has 0 aromatic heterocycles. The van der Waals surface area contributed by atoms with E-state index in [9.17, 15) is 14.7 Å². The van der Waals surface area contributed by atoms with E-state index in [0.29, 0.717) is 26.2 Å². The van der Waals surface area contributed by atoms with Crippen molar-refractivity contribution >= 4 is 11.9 Å². The average molecular weight is 287 g/mol. The molecular formula is C13H21NO6. The number of nitrogens with zero attached hydrogens (tertiary/aromatic N) is 1. The van der Waals surface area contributed by atoms with Crippen molar-refractivity contribution in [1.29, 1.82) is 0 Å². The van der Waals surface area contributed by atoms with E-state index in [4.69, 9.17) is 14.6 Å². The molecule has 0 aliphatic carbocycles. The topological polar surface area (TPSA) is 96.3 Å². The molecule has 2 aliphatic rings. The summed E-state index contributed by atoms with van der Waals surface area (Å²) in [4.78, 5) is 24.9. The minimum Gasteiger partial charge on any atom is -0.479 e. The molecule has 2 rings (SSSR count). The minimum atomic E-state index is -1.83. The van der Waals surface area contributed by atoms with Crippen LogP contribution in [-0.2, 0) is 19.1 Å². The molecular weight excluding hydrogens is 266 g/mol. The largest absolute Gasteiger partial charge is 0.479 e. The van der Waals surface area contributed by atoms with E-state index in [1.165, 1.54) is 0 Å². The first-order valence-electron chi connectivity index (χ1n) is 7.02. The van der Waals surface area contributed by atoms with Gasteiger partial charge in [-0.3, -0.25) is 4.79 Å². The van der Waals surface area contributed by atoms with Crippen molar-refractivity contribution in [2.24, 2.45) is 0 Å². The van der Waals surface area contributed by atoms with Gasteiger partial charge >= 0.3 is 5.97 Å². The van der Waals surface area contributed by atoms with Gasteiger partial charge in [-0.1, -0.05) is 0 Å². The van der Waals surface area contributed by atoms with E-state index in [1.807, 2.05) is 0 Å². The molecule has 2 saturated heterocycles. The van der Waals surface area contributed by atoms with E-state index >= 15 is 0 Å². The Labute approximate surface area is 117 Å². The number of aliphatic hydroxyl groups excluding tert-OH is 1. The molecule has 0 unspecified atom stereocenters. The Bertz CT molecular complexity index is 361. The number of amides is 1. The van der Waals surface area contributed by atoms with Crippen LogP contribution in [0.1, 0.15) is 25.7 Å². The zero-order valence-corrected chi connectivity index (χ0v) is 11.4. The van der Waals surface area contributed by atoms with E-state index in [1.54, 1.807) is 4.90 Å². The van der Waals surface area contributed by atoms with Crippen molar-refractivity contribution < 1.29 is 29.3 Å². The molecule has 0 aromatic rings. The number of carbonyl (C=O) groups is 2. The summed E-state index contributed by atoms with van der Waals surface area (Å²) >= 11 is 0. The highest BCUT2D eigenvalue weighted by atomic mass is 16.5. The van der Waals surface area contributed by atoms with Gasteiger partial charge in [0, 0.05) is 19.8 Å². The van der Waals surface area contributed by atoms with Crippen LogP contribution in [0.4, 0.5) is 0 Å². The highest BCUT2D eigenvalue weighted by molar-refractivity contribution is 5.88. The van der Waals surface area contributed by atoms with Gasteiger partial charge in [0.2, 0.25) is 0 Å². The summed E-state index contributed by atoms with van der Waals surface area (Å²) in [5.74, 6) is -1.89. The molecule has 0 spiro atoms. The highest BCUT2D eigenvalue weighted by Gasteiger charge is 2.40. The number of rotatable bonds is 2. The number of aliphatic hydroxyl groups is 1. The van der Waals surface area contributed by atoms with Gasteiger partial charge in [0.25, 0.3) is 5.91 Å². The van der Waals surface area contributed by atoms with Gasteiger partial charge in [-0.2, -0.15) is 0 Å². The Morgan fingerprint density at radius 2 is 2.05 bits per heavy atom. The van der Waals surface area contributed by atoms with Crippen molar-refractivity contribution in [3.63, 3.8) is 0 Å². The predicted octanol–water partition coefficient (Wildman–Crippen LogP) is -0.381. The number of carbonyl (C=O) groups excluding carboxylic acids is 1. The maximum atomic E-state index is 12.4. The zero-order chi connectivity index (χ0) is 14.5. The van der Waals surface area contributed by atoms with Crippen molar-refractivity contribution in [3.05, 3.63) is 0 Å². The van der Waals surface area contributed by atoms with E-state index in [0.717, 1.165) is 19.3 Å². The van der Waals surface area contributed by atoms with Crippen LogP contribution in [0.15, 0.2) is 0 Å². The van der Waals surface area contributed by atoms with E-state index in [2.05, 4.69) is 0 Å². The fourth-order valence-electron chi connectivity index (χ4n) is 2.63. The first kappa shape index (κ1) is 15.2. The minimum absolute atomic E-state index is 0.0484. The number of aliphatic carboxylic acids is 1. The molecule has 0 aromatic carbocycles. The lowest BCUT2D eigenvalue weighted by Gasteiger charge is -2.29. The van der Waals surface area contributed by atoms with Crippen LogP contribution in [0.5, 0.6) is 0 Å². The summed E-state index contributed by atoms with van der Waals surface area (Å²) in [6.45, 7) is 1.86. The Morgan fingerprint density at radius 1 is 1.30 bits per heavy atom. The third-order valence-corrected chi connectivity index (χ3v) is 3.73. The second-order valence-electron chi connectivity index (χ2n) is 5.18. The lowest BCUT2D eigenvalue weighted by molar-refractivity contribution is -0.167. The summed E-state index contributed by atoms with van der Waals surface area (Å²) < 4.78 is 10.9. The fourth-order valence-corrected chi connectivity index (χ4v) is 2.63. The molecule has 2 heterocycles. The lowest BCUT2D eigenvalue weighted by atomic mass is 10.1. The Hall–Kier alpha value is -1.18. The molecule has 114 valence electrons. The predicted molar refractivity (Wildman–Crippen MR) is 68.2 cm³/mol. The third kappa shape index (κ3) is 3.47. The Balaban J connectivity index is 2.14. The zero-order valence-electron chi connectivity index (χ0n) is 11.4. The van der Waals surface area contributed by atoms with Crippen molar-refractivity contribution in [3.8, 4) is 0 Å². The van der Waals surface area contributed by atoms with Crippen LogP contribution in [-0.4, -0.2) is 71.6 Å². The monoisotopic (exact) mass is 287 g/mol. The molecule has 3 atom stereocenters. The van der Waals surface area contributed by atoms with Crippen LogP contribution in [0.3, 0.4) is 0 Å². The molecule has 7 heteroatoms. The molecule has 2 N–H and O–H groups in total. The van der Waals surface area contributed by atoms with Gasteiger partial charge in [0.15, 0.2) is 12.2 Å². The maximum Gasteiger partial charge on any atom is 0.335 e. The summed E-state index contributed by atoms with van der Waals surface area (Å²) in [6.07, 6.45) is -0.00822. The third-order valence-electron chi connectivity index (χ3n) is 3.73. The number of carboxylic acids is 1. The van der Waals surface area contributed by atoms with Gasteiger partial charge < -0.3 is 24.6 Å². The number of carboxylic acid groups (broad SMARTS) is 1. The SMILES string of the molecule is O=C(O)[C@H](O)[C@H]1OCCCCOC[C@H]2CCCN2C1=O. The molecule has 7 nitrogen and oxygen atoms in total. The van der Waals surface area contributed by atoms with Crippen LogP contribution >= 0.6 is 0 Å². The standard InChI is InChI=1S/C13H21NO6/c15-10(13(17)18)11-12(16)14-5-3-4-9(14)8-19-6-1-2-7-20-11/h9-11,15H,1-8H2,(H,17,18)/t9-,10-,11-/m1/s1. The smallest absolute Gasteiger partial charge is 0.335 e. The van der Waals surface area contributed by atoms with Crippen LogP contribution in [0.2, 0.25) is 0 Å². The summed E-state index contributed by atoms with van der Waals surface area (Å²) in [7, 11) is 0. The fraction of sp³-hybridized carbons (Fsp3) is 0.846. The molecule has 2 fully saturated rings. The lowest BCUT2D eigenvalue weighted by Crippen LogP contribution is -2.51. The van der Waals surface area contributed by atoms with Crippen molar-refractivity contribution in [2.45, 2.75) is 43.9 Å². The quantitative estimate of drug-likeness (QED) is 0.718. The van der Waals surface area contributed by atoms with Crippen LogP contribution in [0.25, 0.3) is 0 Å². The second kappa shape index (κ2) is 7.01. The second-order valence-corrected chi connectivity index (χ2v) is 5.18. The number of ether oxygens (including phenoxy) is 2. The summed E-state index contributed by atoms with van der Waals surface area (Å²) in [6, 6.07) is -0.0484. The first-order chi connectivity index (χ1) is 9.61. The molecule has 2 aliphatic heterocycles. The first-order valence-corrected chi connectivity index (χ1v) is 7.02. The average Bonchev–Trinajstić information content (AvgIpc) is 2.87. The Kier molecular flexibility index (Phi) is 5.33. The van der Waals surface area contributed by atoms with E-state index < -0.39 is 24.1 Å².